The Morgan fingerprint density at radius 3 is 2.29 bits per heavy atom. The van der Waals surface area contributed by atoms with Crippen LogP contribution in [0.25, 0.3) is 5.76 Å². The molecule has 0 N–H and O–H groups in total. The summed E-state index contributed by atoms with van der Waals surface area (Å²) >= 11 is 0. The molecule has 1 aliphatic carbocycles. The van der Waals surface area contributed by atoms with Crippen LogP contribution in [0.3, 0.4) is 0 Å². The predicted octanol–water partition coefficient (Wildman–Crippen LogP) is 2.71. The van der Waals surface area contributed by atoms with Gasteiger partial charge in [-0.3, -0.25) is 19.3 Å². The molecule has 0 saturated carbocycles. The minimum atomic E-state index is -0.512. The second-order valence-electron chi connectivity index (χ2n) is 6.95. The molecule has 1 unspecified atom stereocenters. The largest absolute Gasteiger partial charge is 2.00 e. The van der Waals surface area contributed by atoms with Gasteiger partial charge in [-0.15, -0.1) is 10.2 Å². The zero-order valence-corrected chi connectivity index (χ0v) is 17.7. The van der Waals surface area contributed by atoms with Gasteiger partial charge in [-0.05, 0) is 24.1 Å². The molecule has 2 aromatic carbocycles. The van der Waals surface area contributed by atoms with Crippen LogP contribution < -0.4 is 5.11 Å². The number of ketones is 1. The van der Waals surface area contributed by atoms with E-state index in [1.165, 1.54) is 18.1 Å². The quantitative estimate of drug-likeness (QED) is 0.368. The number of carbonyl (C=O) groups excluding carboxylic acids is 3. The monoisotopic (exact) mass is 467 g/mol. The van der Waals surface area contributed by atoms with Crippen molar-refractivity contribution in [3.63, 3.8) is 0 Å². The maximum atomic E-state index is 13.0. The molecule has 1 atom stereocenters. The minimum absolute atomic E-state index is 0. The Morgan fingerprint density at radius 2 is 1.65 bits per heavy atom. The molecule has 1 heterocycles. The van der Waals surface area contributed by atoms with Crippen molar-refractivity contribution in [1.29, 1.82) is 0 Å². The fourth-order valence-electron chi connectivity index (χ4n) is 3.70. The van der Waals surface area contributed by atoms with Crippen molar-refractivity contribution in [2.75, 3.05) is 13.7 Å². The molecule has 0 bridgehead atoms. The number of Topliss-reactive ketones (excluding diaryl/α,β-unsaturated/α-hetero) is 1. The van der Waals surface area contributed by atoms with Gasteiger partial charge in [0.15, 0.2) is 0 Å². The molecule has 2 aromatic rings. The Bertz CT molecular complexity index is 1140. The van der Waals surface area contributed by atoms with Gasteiger partial charge in [-0.25, -0.2) is 0 Å². The minimum Gasteiger partial charge on any atom is -0.870 e. The zero-order valence-electron chi connectivity index (χ0n) is 16.7. The summed E-state index contributed by atoms with van der Waals surface area (Å²) in [6, 6.07) is 10.7. The molecule has 2 amide bonds. The van der Waals surface area contributed by atoms with Crippen molar-refractivity contribution in [3.8, 4) is 0 Å². The second-order valence-corrected chi connectivity index (χ2v) is 6.95. The SMILES string of the molecule is CCC(COC)N1C(=O)c2cccc(N=NC3=C([O-])c4ccccc4C3=O)c2C1=O.[Cu+2]. The molecule has 161 valence electrons. The average molecular weight is 468 g/mol. The van der Waals surface area contributed by atoms with Crippen molar-refractivity contribution in [2.24, 2.45) is 10.2 Å². The molecule has 0 fully saturated rings. The van der Waals surface area contributed by atoms with Gasteiger partial charge in [0.1, 0.15) is 5.70 Å². The Hall–Kier alpha value is -3.13. The van der Waals surface area contributed by atoms with Gasteiger partial charge >= 0.3 is 17.1 Å². The van der Waals surface area contributed by atoms with Crippen LogP contribution in [0.15, 0.2) is 58.4 Å². The van der Waals surface area contributed by atoms with Crippen LogP contribution in [-0.4, -0.2) is 42.3 Å². The van der Waals surface area contributed by atoms with Crippen molar-refractivity contribution >= 4 is 29.0 Å². The standard InChI is InChI=1S/C22H19N3O5.Cu/c1-3-12(11-30-2)25-21(28)15-9-6-10-16(17(15)22(25)29)23-24-18-19(26)13-7-4-5-8-14(13)20(18)27;/h4-10,12,26H,3,11H2,1-2H3;/q;+2/p-1. The van der Waals surface area contributed by atoms with Crippen LogP contribution in [0.2, 0.25) is 0 Å². The van der Waals surface area contributed by atoms with E-state index in [2.05, 4.69) is 10.2 Å². The Balaban J connectivity index is 0.00000272. The molecule has 0 aromatic heterocycles. The Morgan fingerprint density at radius 1 is 0.968 bits per heavy atom. The smallest absolute Gasteiger partial charge is 0.870 e. The van der Waals surface area contributed by atoms with Crippen molar-refractivity contribution in [3.05, 3.63) is 70.4 Å². The normalized spacial score (nSPS) is 16.1. The summed E-state index contributed by atoms with van der Waals surface area (Å²) in [6.45, 7) is 2.08. The van der Waals surface area contributed by atoms with E-state index < -0.39 is 29.4 Å². The third-order valence-corrected chi connectivity index (χ3v) is 5.22. The Kier molecular flexibility index (Phi) is 6.50. The summed E-state index contributed by atoms with van der Waals surface area (Å²) in [5.74, 6) is -1.95. The van der Waals surface area contributed by atoms with Gasteiger partial charge in [0, 0.05) is 12.7 Å². The first-order valence-electron chi connectivity index (χ1n) is 9.46. The molecule has 0 spiro atoms. The summed E-state index contributed by atoms with van der Waals surface area (Å²) in [6.07, 6.45) is 0.537. The van der Waals surface area contributed by atoms with E-state index in [0.29, 0.717) is 6.42 Å². The predicted molar refractivity (Wildman–Crippen MR) is 105 cm³/mol. The fraction of sp³-hybridized carbons (Fsp3) is 0.227. The summed E-state index contributed by atoms with van der Waals surface area (Å²) in [5, 5.41) is 20.4. The first kappa shape index (κ1) is 22.6. The number of allylic oxidation sites excluding steroid dienone is 1. The number of hydrogen-bond acceptors (Lipinski definition) is 7. The number of rotatable bonds is 6. The van der Waals surface area contributed by atoms with E-state index in [1.54, 1.807) is 36.4 Å². The number of benzene rings is 2. The first-order valence-corrected chi connectivity index (χ1v) is 9.46. The maximum absolute atomic E-state index is 13.0. The van der Waals surface area contributed by atoms with Crippen LogP contribution in [0.5, 0.6) is 0 Å². The van der Waals surface area contributed by atoms with Crippen molar-refractivity contribution in [1.82, 2.24) is 4.90 Å². The summed E-state index contributed by atoms with van der Waals surface area (Å²) in [7, 11) is 1.51. The third kappa shape index (κ3) is 3.61. The number of fused-ring (bicyclic) bond motifs is 2. The number of hydrogen-bond donors (Lipinski definition) is 0. The summed E-state index contributed by atoms with van der Waals surface area (Å²) < 4.78 is 5.14. The van der Waals surface area contributed by atoms with Crippen LogP contribution in [0.4, 0.5) is 5.69 Å². The number of amides is 2. The molecule has 1 radical (unpaired) electrons. The number of carbonyl (C=O) groups is 3. The maximum Gasteiger partial charge on any atom is 2.00 e. The van der Waals surface area contributed by atoms with Gasteiger partial charge in [0.05, 0.1) is 29.5 Å². The molecule has 4 rings (SSSR count). The van der Waals surface area contributed by atoms with Crippen molar-refractivity contribution < 1.29 is 41.3 Å². The molecule has 1 aliphatic heterocycles. The molecule has 31 heavy (non-hydrogen) atoms. The molecule has 9 heteroatoms. The number of methoxy groups -OCH3 is 1. The molecule has 8 nitrogen and oxygen atoms in total. The van der Waals surface area contributed by atoms with Crippen LogP contribution in [-0.2, 0) is 21.8 Å². The molecular weight excluding hydrogens is 450 g/mol. The van der Waals surface area contributed by atoms with Gasteiger partial charge in [-0.1, -0.05) is 43.0 Å². The van der Waals surface area contributed by atoms with Crippen LogP contribution >= 0.6 is 0 Å². The number of azo groups is 1. The topological polar surface area (TPSA) is 111 Å². The fourth-order valence-corrected chi connectivity index (χ4v) is 3.70. The van der Waals surface area contributed by atoms with Gasteiger partial charge in [-0.2, -0.15) is 0 Å². The van der Waals surface area contributed by atoms with Crippen LogP contribution in [0, 0.1) is 0 Å². The second kappa shape index (κ2) is 8.93. The number of imide groups is 1. The Labute approximate surface area is 189 Å². The van der Waals surface area contributed by atoms with Gasteiger partial charge < -0.3 is 9.84 Å². The van der Waals surface area contributed by atoms with E-state index in [0.717, 1.165) is 0 Å². The van der Waals surface area contributed by atoms with E-state index in [1.807, 2.05) is 6.92 Å². The van der Waals surface area contributed by atoms with Gasteiger partial charge in [0.2, 0.25) is 5.78 Å². The summed E-state index contributed by atoms with van der Waals surface area (Å²) in [5.41, 5.74) is 0.688. The average Bonchev–Trinajstić information content (AvgIpc) is 3.16. The third-order valence-electron chi connectivity index (χ3n) is 5.22. The van der Waals surface area contributed by atoms with Crippen molar-refractivity contribution in [2.45, 2.75) is 19.4 Å². The van der Waals surface area contributed by atoms with E-state index in [9.17, 15) is 19.5 Å². The number of nitrogens with zero attached hydrogens (tertiary/aromatic N) is 3. The zero-order chi connectivity index (χ0) is 21.4. The molecule has 0 saturated heterocycles. The van der Waals surface area contributed by atoms with E-state index >= 15 is 0 Å². The summed E-state index contributed by atoms with van der Waals surface area (Å²) in [4.78, 5) is 39.5. The molecule has 2 aliphatic rings. The number of ether oxygens (including phenoxy) is 1. The van der Waals surface area contributed by atoms with E-state index in [-0.39, 0.29) is 57.3 Å². The molecular formula is C22H18CuN3O5+. The van der Waals surface area contributed by atoms with E-state index in [4.69, 9.17) is 4.74 Å². The van der Waals surface area contributed by atoms with Crippen LogP contribution in [0.1, 0.15) is 50.0 Å². The first-order chi connectivity index (χ1) is 14.5. The van der Waals surface area contributed by atoms with Gasteiger partial charge in [0.25, 0.3) is 11.8 Å².